The van der Waals surface area contributed by atoms with E-state index in [2.05, 4.69) is 10.3 Å². The van der Waals surface area contributed by atoms with Crippen LogP contribution in [0.4, 0.5) is 5.69 Å². The molecule has 27 heavy (non-hydrogen) atoms. The van der Waals surface area contributed by atoms with Crippen molar-refractivity contribution in [1.82, 2.24) is 14.3 Å². The van der Waals surface area contributed by atoms with Crippen molar-refractivity contribution in [1.29, 1.82) is 0 Å². The van der Waals surface area contributed by atoms with Crippen LogP contribution < -0.4 is 10.1 Å². The molecule has 7 nitrogen and oxygen atoms in total. The van der Waals surface area contributed by atoms with Gasteiger partial charge in [-0.25, -0.2) is 4.98 Å². The van der Waals surface area contributed by atoms with Crippen LogP contribution in [-0.4, -0.2) is 46.3 Å². The Balaban J connectivity index is 2.02. The molecule has 0 fully saturated rings. The molecule has 0 saturated carbocycles. The van der Waals surface area contributed by atoms with Crippen molar-refractivity contribution >= 4 is 23.0 Å². The van der Waals surface area contributed by atoms with E-state index in [4.69, 9.17) is 4.74 Å². The van der Waals surface area contributed by atoms with Gasteiger partial charge >= 0.3 is 0 Å². The average molecular weight is 366 g/mol. The van der Waals surface area contributed by atoms with E-state index in [1.807, 2.05) is 26.0 Å². The van der Waals surface area contributed by atoms with Crippen molar-refractivity contribution in [2.24, 2.45) is 0 Å². The molecule has 0 aliphatic rings. The zero-order chi connectivity index (χ0) is 19.4. The molecular weight excluding hydrogens is 344 g/mol. The van der Waals surface area contributed by atoms with Crippen molar-refractivity contribution in [3.63, 3.8) is 0 Å². The Labute approximate surface area is 157 Å². The van der Waals surface area contributed by atoms with Crippen molar-refractivity contribution in [2.45, 2.75) is 13.8 Å². The van der Waals surface area contributed by atoms with Crippen LogP contribution in [0.15, 0.2) is 48.7 Å². The van der Waals surface area contributed by atoms with Crippen LogP contribution in [0.1, 0.15) is 35.0 Å². The fourth-order valence-electron chi connectivity index (χ4n) is 2.94. The zero-order valence-corrected chi connectivity index (χ0v) is 15.6. The molecule has 7 heteroatoms. The first kappa shape index (κ1) is 18.4. The summed E-state index contributed by atoms with van der Waals surface area (Å²) in [7, 11) is 1.54. The number of pyridine rings is 1. The molecule has 0 saturated heterocycles. The summed E-state index contributed by atoms with van der Waals surface area (Å²) in [6.07, 6.45) is 1.74. The van der Waals surface area contributed by atoms with Crippen molar-refractivity contribution < 1.29 is 14.3 Å². The molecular formula is C20H22N4O3. The zero-order valence-electron chi connectivity index (χ0n) is 15.6. The maximum absolute atomic E-state index is 12.9. The number of nitrogens with one attached hydrogen (secondary N) is 1. The Morgan fingerprint density at radius 1 is 1.11 bits per heavy atom. The molecule has 0 aliphatic carbocycles. The van der Waals surface area contributed by atoms with Gasteiger partial charge in [0.15, 0.2) is 5.69 Å². The van der Waals surface area contributed by atoms with Crippen LogP contribution in [0.5, 0.6) is 5.75 Å². The number of carbonyl (C=O) groups is 2. The molecule has 0 radical (unpaired) electrons. The van der Waals surface area contributed by atoms with E-state index < -0.39 is 5.91 Å². The molecule has 1 aromatic carbocycles. The molecule has 2 aromatic heterocycles. The Kier molecular flexibility index (Phi) is 5.40. The summed E-state index contributed by atoms with van der Waals surface area (Å²) in [6, 6.07) is 12.5. The summed E-state index contributed by atoms with van der Waals surface area (Å²) >= 11 is 0. The van der Waals surface area contributed by atoms with E-state index in [1.165, 1.54) is 7.11 Å². The van der Waals surface area contributed by atoms with Gasteiger partial charge in [-0.3, -0.25) is 14.0 Å². The van der Waals surface area contributed by atoms with Crippen molar-refractivity contribution in [3.8, 4) is 5.75 Å². The average Bonchev–Trinajstić information content (AvgIpc) is 3.09. The van der Waals surface area contributed by atoms with Gasteiger partial charge in [0.25, 0.3) is 11.8 Å². The highest BCUT2D eigenvalue weighted by atomic mass is 16.5. The number of ether oxygens (including phenoxy) is 1. The minimum absolute atomic E-state index is 0.192. The van der Waals surface area contributed by atoms with Gasteiger partial charge in [0.2, 0.25) is 5.82 Å². The van der Waals surface area contributed by atoms with Crippen LogP contribution in [0, 0.1) is 0 Å². The molecule has 0 spiro atoms. The second-order valence-electron chi connectivity index (χ2n) is 5.87. The lowest BCUT2D eigenvalue weighted by Crippen LogP contribution is -2.32. The summed E-state index contributed by atoms with van der Waals surface area (Å²) in [4.78, 5) is 31.7. The molecule has 1 N–H and O–H groups in total. The highest BCUT2D eigenvalue weighted by Gasteiger charge is 2.24. The SMILES string of the molecule is CCN(CC)C(=O)c1nc(C(=O)Nc2ccccc2OC)c2ccccn12. The maximum Gasteiger partial charge on any atom is 0.290 e. The van der Waals surface area contributed by atoms with Gasteiger partial charge in [-0.1, -0.05) is 18.2 Å². The number of benzene rings is 1. The molecule has 140 valence electrons. The molecule has 0 unspecified atom stereocenters. The van der Waals surface area contributed by atoms with Crippen LogP contribution in [0.2, 0.25) is 0 Å². The van der Waals surface area contributed by atoms with Gasteiger partial charge in [-0.2, -0.15) is 0 Å². The highest BCUT2D eigenvalue weighted by molar-refractivity contribution is 6.09. The van der Waals surface area contributed by atoms with Crippen LogP contribution in [0.25, 0.3) is 5.52 Å². The first-order chi connectivity index (χ1) is 13.1. The summed E-state index contributed by atoms with van der Waals surface area (Å²) in [6.45, 7) is 4.96. The molecule has 0 aliphatic heterocycles. The molecule has 3 rings (SSSR count). The monoisotopic (exact) mass is 366 g/mol. The third-order valence-electron chi connectivity index (χ3n) is 4.36. The third kappa shape index (κ3) is 3.48. The number of hydrogen-bond donors (Lipinski definition) is 1. The number of amides is 2. The number of nitrogens with zero attached hydrogens (tertiary/aromatic N) is 3. The second-order valence-corrected chi connectivity index (χ2v) is 5.87. The highest BCUT2D eigenvalue weighted by Crippen LogP contribution is 2.24. The lowest BCUT2D eigenvalue weighted by molar-refractivity contribution is 0.0760. The number of anilines is 1. The molecule has 0 bridgehead atoms. The number of fused-ring (bicyclic) bond motifs is 1. The second kappa shape index (κ2) is 7.90. The molecule has 3 aromatic rings. The minimum atomic E-state index is -0.401. The Hall–Kier alpha value is -3.35. The Morgan fingerprint density at radius 3 is 2.52 bits per heavy atom. The topological polar surface area (TPSA) is 75.9 Å². The summed E-state index contributed by atoms with van der Waals surface area (Å²) < 4.78 is 6.92. The third-order valence-corrected chi connectivity index (χ3v) is 4.36. The molecule has 0 atom stereocenters. The predicted octanol–water partition coefficient (Wildman–Crippen LogP) is 3.08. The van der Waals surface area contributed by atoms with E-state index in [1.54, 1.807) is 45.8 Å². The van der Waals surface area contributed by atoms with E-state index in [0.29, 0.717) is 30.0 Å². The number of imidazole rings is 1. The summed E-state index contributed by atoms with van der Waals surface area (Å²) in [5, 5.41) is 2.81. The van der Waals surface area contributed by atoms with E-state index in [0.717, 1.165) is 0 Å². The van der Waals surface area contributed by atoms with E-state index >= 15 is 0 Å². The van der Waals surface area contributed by atoms with Gasteiger partial charge < -0.3 is 15.0 Å². The van der Waals surface area contributed by atoms with E-state index in [9.17, 15) is 9.59 Å². The van der Waals surface area contributed by atoms with Crippen molar-refractivity contribution in [2.75, 3.05) is 25.5 Å². The van der Waals surface area contributed by atoms with Crippen LogP contribution in [-0.2, 0) is 0 Å². The van der Waals surface area contributed by atoms with Gasteiger partial charge in [0.05, 0.1) is 18.3 Å². The fourth-order valence-corrected chi connectivity index (χ4v) is 2.94. The smallest absolute Gasteiger partial charge is 0.290 e. The van der Waals surface area contributed by atoms with Gasteiger partial charge in [0.1, 0.15) is 5.75 Å². The lowest BCUT2D eigenvalue weighted by Gasteiger charge is -2.17. The van der Waals surface area contributed by atoms with E-state index in [-0.39, 0.29) is 17.4 Å². The number of hydrogen-bond acceptors (Lipinski definition) is 4. The van der Waals surface area contributed by atoms with Gasteiger partial charge in [0, 0.05) is 19.3 Å². The molecule has 2 heterocycles. The van der Waals surface area contributed by atoms with Crippen molar-refractivity contribution in [3.05, 3.63) is 60.2 Å². The lowest BCUT2D eigenvalue weighted by atomic mass is 10.2. The molecule has 2 amide bonds. The summed E-state index contributed by atoms with van der Waals surface area (Å²) in [5.41, 5.74) is 1.30. The standard InChI is InChI=1S/C20H22N4O3/c1-4-23(5-2)20(26)18-22-17(15-11-8-9-13-24(15)18)19(25)21-14-10-6-7-12-16(14)27-3/h6-13H,4-5H2,1-3H3,(H,21,25). The number of para-hydroxylation sites is 2. The Bertz CT molecular complexity index is 976. The van der Waals surface area contributed by atoms with Crippen LogP contribution in [0.3, 0.4) is 0 Å². The normalized spacial score (nSPS) is 10.6. The number of aromatic nitrogens is 2. The van der Waals surface area contributed by atoms with Gasteiger partial charge in [-0.05, 0) is 38.1 Å². The maximum atomic E-state index is 12.9. The predicted molar refractivity (Wildman–Crippen MR) is 103 cm³/mol. The van der Waals surface area contributed by atoms with Gasteiger partial charge in [-0.15, -0.1) is 0 Å². The minimum Gasteiger partial charge on any atom is -0.495 e. The summed E-state index contributed by atoms with van der Waals surface area (Å²) in [5.74, 6) is 0.160. The number of rotatable bonds is 6. The quantitative estimate of drug-likeness (QED) is 0.727. The Morgan fingerprint density at radius 2 is 1.81 bits per heavy atom. The number of methoxy groups -OCH3 is 1. The largest absolute Gasteiger partial charge is 0.495 e. The van der Waals surface area contributed by atoms with Crippen LogP contribution >= 0.6 is 0 Å². The first-order valence-corrected chi connectivity index (χ1v) is 8.81. The first-order valence-electron chi connectivity index (χ1n) is 8.81. The number of carbonyl (C=O) groups excluding carboxylic acids is 2. The fraction of sp³-hybridized carbons (Fsp3) is 0.250.